The molecule has 8 aromatic carbocycles. The van der Waals surface area contributed by atoms with Crippen LogP contribution in [0.4, 0.5) is 0 Å². The predicted octanol–water partition coefficient (Wildman–Crippen LogP) is 13.1. The van der Waals surface area contributed by atoms with E-state index in [9.17, 15) is 0 Å². The molecular formula is C46H28N2S. The third-order valence-corrected chi connectivity index (χ3v) is 11.5. The lowest BCUT2D eigenvalue weighted by molar-refractivity contribution is 1.19. The second kappa shape index (κ2) is 10.2. The molecule has 2 nitrogen and oxygen atoms in total. The monoisotopic (exact) mass is 640 g/mol. The highest BCUT2D eigenvalue weighted by atomic mass is 32.1. The van der Waals surface area contributed by atoms with Crippen molar-refractivity contribution in [3.8, 4) is 22.5 Å². The molecule has 0 bridgehead atoms. The minimum atomic E-state index is 1.18. The Morgan fingerprint density at radius 3 is 1.86 bits per heavy atom. The lowest BCUT2D eigenvalue weighted by Gasteiger charge is -2.11. The number of rotatable bonds is 3. The molecule has 3 aromatic heterocycles. The molecule has 0 amide bonds. The maximum Gasteiger partial charge on any atom is 0.0640 e. The van der Waals surface area contributed by atoms with Gasteiger partial charge in [0, 0.05) is 42.7 Å². The maximum absolute atomic E-state index is 2.47. The number of hydrogen-bond donors (Lipinski definition) is 0. The van der Waals surface area contributed by atoms with Gasteiger partial charge in [0.15, 0.2) is 0 Å². The minimum Gasteiger partial charge on any atom is -0.309 e. The Morgan fingerprint density at radius 2 is 0.980 bits per heavy atom. The first-order valence-electron chi connectivity index (χ1n) is 16.8. The van der Waals surface area contributed by atoms with E-state index >= 15 is 0 Å². The van der Waals surface area contributed by atoms with Gasteiger partial charge in [0.1, 0.15) is 0 Å². The molecule has 0 fully saturated rings. The van der Waals surface area contributed by atoms with E-state index in [0.29, 0.717) is 0 Å². The van der Waals surface area contributed by atoms with Gasteiger partial charge in [-0.1, -0.05) is 115 Å². The molecular weight excluding hydrogens is 613 g/mol. The molecule has 0 spiro atoms. The van der Waals surface area contributed by atoms with Crippen molar-refractivity contribution in [1.29, 1.82) is 0 Å². The highest BCUT2D eigenvalue weighted by Crippen LogP contribution is 2.42. The van der Waals surface area contributed by atoms with Crippen LogP contribution >= 0.6 is 11.3 Å². The van der Waals surface area contributed by atoms with E-state index in [0.717, 1.165) is 0 Å². The SMILES string of the molecule is c1ccc2cc(-n3c4ccccc4c4ccc(-c5ccc6c(c5)c5ccccc5n6-c5cccc6c5sc5ccccc56)cc43)ccc2c1. The fourth-order valence-electron chi connectivity index (χ4n) is 8.06. The zero-order valence-electron chi connectivity index (χ0n) is 26.5. The van der Waals surface area contributed by atoms with Crippen molar-refractivity contribution in [2.45, 2.75) is 0 Å². The molecule has 3 heteroatoms. The maximum atomic E-state index is 2.47. The zero-order valence-corrected chi connectivity index (χ0v) is 27.3. The van der Waals surface area contributed by atoms with Crippen LogP contribution in [0, 0.1) is 0 Å². The molecule has 3 heterocycles. The van der Waals surface area contributed by atoms with Crippen LogP contribution in [0.5, 0.6) is 0 Å². The van der Waals surface area contributed by atoms with Crippen LogP contribution in [0.15, 0.2) is 170 Å². The normalized spacial score (nSPS) is 12.1. The third-order valence-electron chi connectivity index (χ3n) is 10.3. The van der Waals surface area contributed by atoms with Crippen LogP contribution in [0.1, 0.15) is 0 Å². The second-order valence-electron chi connectivity index (χ2n) is 13.0. The predicted molar refractivity (Wildman–Crippen MR) is 211 cm³/mol. The molecule has 0 saturated heterocycles. The lowest BCUT2D eigenvalue weighted by Crippen LogP contribution is -1.94. The first kappa shape index (κ1) is 26.9. The van der Waals surface area contributed by atoms with Crippen molar-refractivity contribution in [2.75, 3.05) is 0 Å². The Morgan fingerprint density at radius 1 is 0.347 bits per heavy atom. The van der Waals surface area contributed by atoms with E-state index in [1.54, 1.807) is 0 Å². The van der Waals surface area contributed by atoms with Gasteiger partial charge in [-0.2, -0.15) is 0 Å². The van der Waals surface area contributed by atoms with E-state index in [-0.39, 0.29) is 0 Å². The smallest absolute Gasteiger partial charge is 0.0640 e. The van der Waals surface area contributed by atoms with Crippen LogP contribution in [0.3, 0.4) is 0 Å². The average molecular weight is 641 g/mol. The van der Waals surface area contributed by atoms with E-state index in [4.69, 9.17) is 0 Å². The molecule has 0 aliphatic heterocycles. The number of aromatic nitrogens is 2. The molecule has 0 unspecified atom stereocenters. The van der Waals surface area contributed by atoms with Crippen LogP contribution in [-0.4, -0.2) is 9.13 Å². The summed E-state index contributed by atoms with van der Waals surface area (Å²) in [5.74, 6) is 0. The topological polar surface area (TPSA) is 9.86 Å². The van der Waals surface area contributed by atoms with E-state index in [1.165, 1.54) is 97.1 Å². The Hall–Kier alpha value is -6.16. The number of thiophene rings is 1. The average Bonchev–Trinajstić information content (AvgIpc) is 3.82. The van der Waals surface area contributed by atoms with Crippen molar-refractivity contribution in [3.05, 3.63) is 170 Å². The molecule has 0 aliphatic carbocycles. The van der Waals surface area contributed by atoms with Gasteiger partial charge in [-0.05, 0) is 76.5 Å². The van der Waals surface area contributed by atoms with Gasteiger partial charge < -0.3 is 9.13 Å². The standard InChI is InChI=1S/C46H28N2S/c1-2-11-30-26-33(23-20-29(30)10-1)47-40-16-6-3-12-34(40)36-24-21-32(28-44(36)47)31-22-25-42-39(27-31)35-13-4-7-17-41(35)48(42)43-18-9-15-38-37-14-5-8-19-45(37)49-46(38)43/h1-28H. The zero-order chi connectivity index (χ0) is 32.1. The van der Waals surface area contributed by atoms with Gasteiger partial charge in [-0.25, -0.2) is 0 Å². The van der Waals surface area contributed by atoms with Crippen molar-refractivity contribution in [2.24, 2.45) is 0 Å². The molecule has 0 radical (unpaired) electrons. The van der Waals surface area contributed by atoms with Gasteiger partial charge in [0.05, 0.1) is 32.5 Å². The second-order valence-corrected chi connectivity index (χ2v) is 14.0. The summed E-state index contributed by atoms with van der Waals surface area (Å²) >= 11 is 1.88. The molecule has 0 saturated carbocycles. The van der Waals surface area contributed by atoms with E-state index in [1.807, 2.05) is 11.3 Å². The number of nitrogens with zero attached hydrogens (tertiary/aromatic N) is 2. The van der Waals surface area contributed by atoms with Gasteiger partial charge in [0.25, 0.3) is 0 Å². The van der Waals surface area contributed by atoms with Crippen LogP contribution < -0.4 is 0 Å². The molecule has 0 atom stereocenters. The van der Waals surface area contributed by atoms with Crippen molar-refractivity contribution in [3.63, 3.8) is 0 Å². The van der Waals surface area contributed by atoms with Gasteiger partial charge >= 0.3 is 0 Å². The van der Waals surface area contributed by atoms with Crippen molar-refractivity contribution < 1.29 is 0 Å². The fourth-order valence-corrected chi connectivity index (χ4v) is 9.27. The number of para-hydroxylation sites is 2. The number of hydrogen-bond acceptors (Lipinski definition) is 1. The van der Waals surface area contributed by atoms with Crippen LogP contribution in [0.25, 0.3) is 97.1 Å². The highest BCUT2D eigenvalue weighted by molar-refractivity contribution is 7.26. The first-order chi connectivity index (χ1) is 24.3. The Labute approximate surface area is 286 Å². The fraction of sp³-hybridized carbons (Fsp3) is 0. The molecule has 0 aliphatic rings. The summed E-state index contributed by atoms with van der Waals surface area (Å²) < 4.78 is 7.54. The minimum absolute atomic E-state index is 1.18. The van der Waals surface area contributed by atoms with Gasteiger partial charge in [-0.3, -0.25) is 0 Å². The van der Waals surface area contributed by atoms with Crippen molar-refractivity contribution >= 4 is 85.9 Å². The molecule has 49 heavy (non-hydrogen) atoms. The Bertz CT molecular complexity index is 3120. The summed E-state index contributed by atoms with van der Waals surface area (Å²) in [4.78, 5) is 0. The summed E-state index contributed by atoms with van der Waals surface area (Å²) in [7, 11) is 0. The number of benzene rings is 8. The lowest BCUT2D eigenvalue weighted by atomic mass is 10.0. The summed E-state index contributed by atoms with van der Waals surface area (Å²) in [6, 6.07) is 62.5. The summed E-state index contributed by atoms with van der Waals surface area (Å²) in [6.45, 7) is 0. The molecule has 0 N–H and O–H groups in total. The largest absolute Gasteiger partial charge is 0.309 e. The first-order valence-corrected chi connectivity index (χ1v) is 17.6. The summed E-state index contributed by atoms with van der Waals surface area (Å²) in [5, 5.41) is 10.2. The molecule has 11 rings (SSSR count). The Balaban J connectivity index is 1.14. The van der Waals surface area contributed by atoms with E-state index < -0.39 is 0 Å². The quantitative estimate of drug-likeness (QED) is 0.182. The Kier molecular flexibility index (Phi) is 5.57. The highest BCUT2D eigenvalue weighted by Gasteiger charge is 2.18. The van der Waals surface area contributed by atoms with Crippen LogP contribution in [0.2, 0.25) is 0 Å². The third kappa shape index (κ3) is 3.88. The molecule has 228 valence electrons. The number of fused-ring (bicyclic) bond motifs is 10. The van der Waals surface area contributed by atoms with Crippen LogP contribution in [-0.2, 0) is 0 Å². The summed E-state index contributed by atoms with van der Waals surface area (Å²) in [5.41, 5.74) is 9.73. The van der Waals surface area contributed by atoms with Gasteiger partial charge in [0.2, 0.25) is 0 Å². The van der Waals surface area contributed by atoms with Gasteiger partial charge in [-0.15, -0.1) is 11.3 Å². The molecule has 11 aromatic rings. The summed E-state index contributed by atoms with van der Waals surface area (Å²) in [6.07, 6.45) is 0. The van der Waals surface area contributed by atoms with E-state index in [2.05, 4.69) is 179 Å². The van der Waals surface area contributed by atoms with Crippen molar-refractivity contribution in [1.82, 2.24) is 9.13 Å².